The minimum absolute atomic E-state index is 0.283. The second-order valence-electron chi connectivity index (χ2n) is 4.19. The van der Waals surface area contributed by atoms with Gasteiger partial charge < -0.3 is 4.74 Å². The maximum absolute atomic E-state index is 13.3. The molecule has 0 saturated carbocycles. The van der Waals surface area contributed by atoms with E-state index in [0.717, 1.165) is 21.3 Å². The fourth-order valence-electron chi connectivity index (χ4n) is 1.87. The topological polar surface area (TPSA) is 9.23 Å². The molecule has 2 rings (SSSR count). The van der Waals surface area contributed by atoms with Gasteiger partial charge in [-0.3, -0.25) is 0 Å². The van der Waals surface area contributed by atoms with E-state index in [4.69, 9.17) is 16.3 Å². The van der Waals surface area contributed by atoms with E-state index in [1.165, 1.54) is 12.1 Å². The molecule has 0 amide bonds. The van der Waals surface area contributed by atoms with Crippen molar-refractivity contribution < 1.29 is 9.13 Å². The molecule has 0 bridgehead atoms. The summed E-state index contributed by atoms with van der Waals surface area (Å²) in [6, 6.07) is 12.2. The van der Waals surface area contributed by atoms with Gasteiger partial charge >= 0.3 is 0 Å². The largest absolute Gasteiger partial charge is 0.497 e. The molecule has 0 spiro atoms. The van der Waals surface area contributed by atoms with Crippen LogP contribution in [-0.2, 0) is 6.42 Å². The van der Waals surface area contributed by atoms with Crippen LogP contribution in [0.1, 0.15) is 16.5 Å². The SMILES string of the molecule is COc1cccc(CC(Cl)c2cc(F)ccc2Br)c1. The van der Waals surface area contributed by atoms with Gasteiger partial charge in [0.25, 0.3) is 0 Å². The lowest BCUT2D eigenvalue weighted by Crippen LogP contribution is -1.98. The maximum atomic E-state index is 13.3. The van der Waals surface area contributed by atoms with Crippen molar-refractivity contribution in [2.45, 2.75) is 11.8 Å². The van der Waals surface area contributed by atoms with Gasteiger partial charge in [0.2, 0.25) is 0 Å². The van der Waals surface area contributed by atoms with Crippen LogP contribution in [0.25, 0.3) is 0 Å². The third-order valence-corrected chi connectivity index (χ3v) is 3.96. The van der Waals surface area contributed by atoms with Crippen LogP contribution in [0.4, 0.5) is 4.39 Å². The normalized spacial score (nSPS) is 12.2. The van der Waals surface area contributed by atoms with Crippen LogP contribution < -0.4 is 4.74 Å². The minimum Gasteiger partial charge on any atom is -0.497 e. The Hall–Kier alpha value is -1.06. The molecule has 2 aromatic rings. The molecule has 100 valence electrons. The van der Waals surface area contributed by atoms with Gasteiger partial charge in [-0.2, -0.15) is 0 Å². The molecule has 1 unspecified atom stereocenters. The van der Waals surface area contributed by atoms with Gasteiger partial charge in [0, 0.05) is 4.47 Å². The summed E-state index contributed by atoms with van der Waals surface area (Å²) in [5, 5.41) is -0.294. The molecule has 4 heteroatoms. The van der Waals surface area contributed by atoms with Crippen LogP contribution in [0.5, 0.6) is 5.75 Å². The van der Waals surface area contributed by atoms with Gasteiger partial charge in [-0.05, 0) is 47.9 Å². The van der Waals surface area contributed by atoms with Crippen LogP contribution in [0.3, 0.4) is 0 Å². The Balaban J connectivity index is 2.20. The van der Waals surface area contributed by atoms with Crippen molar-refractivity contribution in [1.29, 1.82) is 0 Å². The first-order valence-electron chi connectivity index (χ1n) is 5.82. The number of alkyl halides is 1. The smallest absolute Gasteiger partial charge is 0.123 e. The molecule has 0 radical (unpaired) electrons. The molecule has 0 N–H and O–H groups in total. The van der Waals surface area contributed by atoms with Crippen LogP contribution in [0, 0.1) is 5.82 Å². The van der Waals surface area contributed by atoms with E-state index in [-0.39, 0.29) is 11.2 Å². The van der Waals surface area contributed by atoms with Crippen LogP contribution in [0.2, 0.25) is 0 Å². The molecule has 1 nitrogen and oxygen atoms in total. The van der Waals surface area contributed by atoms with Gasteiger partial charge in [-0.1, -0.05) is 28.1 Å². The lowest BCUT2D eigenvalue weighted by molar-refractivity contribution is 0.414. The molecule has 0 aliphatic carbocycles. The molecule has 0 aliphatic rings. The second kappa shape index (κ2) is 6.40. The summed E-state index contributed by atoms with van der Waals surface area (Å²) in [5.74, 6) is 0.508. The van der Waals surface area contributed by atoms with E-state index in [1.54, 1.807) is 13.2 Å². The number of ether oxygens (including phenoxy) is 1. The summed E-state index contributed by atoms with van der Waals surface area (Å²) in [4.78, 5) is 0. The zero-order chi connectivity index (χ0) is 13.8. The maximum Gasteiger partial charge on any atom is 0.123 e. The van der Waals surface area contributed by atoms with Gasteiger partial charge in [0.1, 0.15) is 11.6 Å². The Morgan fingerprint density at radius 3 is 2.79 bits per heavy atom. The number of rotatable bonds is 4. The van der Waals surface area contributed by atoms with E-state index in [2.05, 4.69) is 15.9 Å². The lowest BCUT2D eigenvalue weighted by Gasteiger charge is -2.13. The van der Waals surface area contributed by atoms with Crippen molar-refractivity contribution in [2.24, 2.45) is 0 Å². The molecule has 0 heterocycles. The molecule has 0 aliphatic heterocycles. The van der Waals surface area contributed by atoms with Crippen molar-refractivity contribution in [3.63, 3.8) is 0 Å². The van der Waals surface area contributed by atoms with E-state index in [9.17, 15) is 4.39 Å². The Bertz CT molecular complexity index is 574. The average molecular weight is 344 g/mol. The first-order chi connectivity index (χ1) is 9.10. The lowest BCUT2D eigenvalue weighted by atomic mass is 10.0. The third-order valence-electron chi connectivity index (χ3n) is 2.84. The molecule has 1 atom stereocenters. The predicted molar refractivity (Wildman–Crippen MR) is 79.4 cm³/mol. The highest BCUT2D eigenvalue weighted by atomic mass is 79.9. The van der Waals surface area contributed by atoms with Crippen LogP contribution in [-0.4, -0.2) is 7.11 Å². The fraction of sp³-hybridized carbons (Fsp3) is 0.200. The highest BCUT2D eigenvalue weighted by Gasteiger charge is 2.13. The van der Waals surface area contributed by atoms with Crippen LogP contribution in [0.15, 0.2) is 46.9 Å². The van der Waals surface area contributed by atoms with Crippen molar-refractivity contribution in [3.05, 3.63) is 63.9 Å². The number of hydrogen-bond donors (Lipinski definition) is 0. The molecular weight excluding hydrogens is 331 g/mol. The van der Waals surface area contributed by atoms with Crippen molar-refractivity contribution in [2.75, 3.05) is 7.11 Å². The van der Waals surface area contributed by atoms with Crippen molar-refractivity contribution >= 4 is 27.5 Å². The van der Waals surface area contributed by atoms with Crippen molar-refractivity contribution in [1.82, 2.24) is 0 Å². The fourth-order valence-corrected chi connectivity index (χ4v) is 2.88. The van der Waals surface area contributed by atoms with E-state index >= 15 is 0 Å². The molecule has 0 aromatic heterocycles. The number of halogens is 3. The molecule has 19 heavy (non-hydrogen) atoms. The third kappa shape index (κ3) is 3.71. The standard InChI is InChI=1S/C15H13BrClFO/c1-19-12-4-2-3-10(7-12)8-15(17)13-9-11(18)5-6-14(13)16/h2-7,9,15H,8H2,1H3. The summed E-state index contributed by atoms with van der Waals surface area (Å²) in [6.07, 6.45) is 0.612. The average Bonchev–Trinajstić information content (AvgIpc) is 2.41. The number of hydrogen-bond acceptors (Lipinski definition) is 1. The number of benzene rings is 2. The Morgan fingerprint density at radius 2 is 2.05 bits per heavy atom. The summed E-state index contributed by atoms with van der Waals surface area (Å²) in [7, 11) is 1.63. The van der Waals surface area contributed by atoms with E-state index < -0.39 is 0 Å². The number of methoxy groups -OCH3 is 1. The molecule has 0 saturated heterocycles. The zero-order valence-corrected chi connectivity index (χ0v) is 12.7. The van der Waals surface area contributed by atoms with Gasteiger partial charge in [0.15, 0.2) is 0 Å². The quantitative estimate of drug-likeness (QED) is 0.700. The predicted octanol–water partition coefficient (Wildman–Crippen LogP) is 5.12. The first kappa shape index (κ1) is 14.4. The summed E-state index contributed by atoms with van der Waals surface area (Å²) in [5.41, 5.74) is 1.81. The van der Waals surface area contributed by atoms with Gasteiger partial charge in [0.05, 0.1) is 12.5 Å². The zero-order valence-electron chi connectivity index (χ0n) is 10.4. The Kier molecular flexibility index (Phi) is 4.83. The molecule has 2 aromatic carbocycles. The summed E-state index contributed by atoms with van der Waals surface area (Å²) in [6.45, 7) is 0. The first-order valence-corrected chi connectivity index (χ1v) is 7.05. The highest BCUT2D eigenvalue weighted by Crippen LogP contribution is 2.32. The Morgan fingerprint density at radius 1 is 1.26 bits per heavy atom. The van der Waals surface area contributed by atoms with Crippen LogP contribution >= 0.6 is 27.5 Å². The summed E-state index contributed by atoms with van der Waals surface area (Å²) >= 11 is 9.77. The summed E-state index contributed by atoms with van der Waals surface area (Å²) < 4.78 is 19.3. The second-order valence-corrected chi connectivity index (χ2v) is 5.57. The Labute approximate surface area is 125 Å². The van der Waals surface area contributed by atoms with E-state index in [0.29, 0.717) is 6.42 Å². The van der Waals surface area contributed by atoms with Gasteiger partial charge in [-0.25, -0.2) is 4.39 Å². The van der Waals surface area contributed by atoms with Crippen molar-refractivity contribution in [3.8, 4) is 5.75 Å². The molecule has 0 fully saturated rings. The molecular formula is C15H13BrClFO. The minimum atomic E-state index is -0.294. The van der Waals surface area contributed by atoms with E-state index in [1.807, 2.05) is 24.3 Å². The van der Waals surface area contributed by atoms with Gasteiger partial charge in [-0.15, -0.1) is 11.6 Å². The highest BCUT2D eigenvalue weighted by molar-refractivity contribution is 9.10. The monoisotopic (exact) mass is 342 g/mol.